The molecule has 0 radical (unpaired) electrons. The number of nitrogens with one attached hydrogen (secondary N) is 1. The van der Waals surface area contributed by atoms with Crippen LogP contribution in [-0.2, 0) is 25.8 Å². The molecule has 1 heterocycles. The van der Waals surface area contributed by atoms with Gasteiger partial charge in [0.05, 0.1) is 23.5 Å². The number of halogens is 3. The predicted octanol–water partition coefficient (Wildman–Crippen LogP) is 0.352. The van der Waals surface area contributed by atoms with E-state index in [1.807, 2.05) is 5.32 Å². The van der Waals surface area contributed by atoms with Gasteiger partial charge in [0.25, 0.3) is 0 Å². The van der Waals surface area contributed by atoms with Gasteiger partial charge in [0.15, 0.2) is 0 Å². The second kappa shape index (κ2) is 5.11. The number of carbonyl (C=O) groups excluding carboxylic acids is 2. The number of rotatable bonds is 2. The van der Waals surface area contributed by atoms with Crippen molar-refractivity contribution in [3.05, 3.63) is 29.8 Å². The first kappa shape index (κ1) is 15.4. The molecule has 1 aromatic rings. The highest BCUT2D eigenvalue weighted by atomic mass is 32.2. The fourth-order valence-corrected chi connectivity index (χ4v) is 3.16. The summed E-state index contributed by atoms with van der Waals surface area (Å²) < 4.78 is 62.7. The van der Waals surface area contributed by atoms with Crippen LogP contribution in [0.15, 0.2) is 29.2 Å². The summed E-state index contributed by atoms with van der Waals surface area (Å²) in [5, 5.41) is 1.90. The van der Waals surface area contributed by atoms with E-state index in [1.54, 1.807) is 0 Å². The maximum atomic E-state index is 12.6. The SMILES string of the molecule is O=C1CN(S(=O)(=O)c2cccc(C(F)(F)F)c2)CC(=O)N1. The number of hydrogen-bond donors (Lipinski definition) is 1. The number of imide groups is 1. The van der Waals surface area contributed by atoms with Crippen LogP contribution in [0.2, 0.25) is 0 Å². The van der Waals surface area contributed by atoms with Crippen molar-refractivity contribution < 1.29 is 31.2 Å². The van der Waals surface area contributed by atoms with Crippen molar-refractivity contribution >= 4 is 21.8 Å². The van der Waals surface area contributed by atoms with Gasteiger partial charge in [-0.25, -0.2) is 8.42 Å². The van der Waals surface area contributed by atoms with E-state index in [9.17, 15) is 31.2 Å². The molecular formula is C11H9F3N2O4S. The lowest BCUT2D eigenvalue weighted by molar-refractivity contribution is -0.138. The summed E-state index contributed by atoms with van der Waals surface area (Å²) in [6, 6.07) is 3.11. The Bertz CT molecular complexity index is 684. The zero-order valence-corrected chi connectivity index (χ0v) is 11.2. The molecule has 1 aliphatic rings. The molecule has 21 heavy (non-hydrogen) atoms. The zero-order chi connectivity index (χ0) is 15.8. The average molecular weight is 322 g/mol. The second-order valence-electron chi connectivity index (χ2n) is 4.27. The maximum Gasteiger partial charge on any atom is 0.416 e. The third-order valence-corrected chi connectivity index (χ3v) is 4.51. The fraction of sp³-hybridized carbons (Fsp3) is 0.273. The van der Waals surface area contributed by atoms with E-state index in [0.717, 1.165) is 18.2 Å². The van der Waals surface area contributed by atoms with Crippen LogP contribution in [0.4, 0.5) is 13.2 Å². The highest BCUT2D eigenvalue weighted by Crippen LogP contribution is 2.31. The largest absolute Gasteiger partial charge is 0.416 e. The van der Waals surface area contributed by atoms with Gasteiger partial charge in [0.2, 0.25) is 21.8 Å². The van der Waals surface area contributed by atoms with Crippen molar-refractivity contribution in [3.8, 4) is 0 Å². The minimum Gasteiger partial charge on any atom is -0.294 e. The standard InChI is InChI=1S/C11H9F3N2O4S/c12-11(13,14)7-2-1-3-8(4-7)21(19,20)16-5-9(17)15-10(18)6-16/h1-4H,5-6H2,(H,15,17,18). The molecule has 114 valence electrons. The maximum absolute atomic E-state index is 12.6. The Morgan fingerprint density at radius 2 is 1.67 bits per heavy atom. The molecule has 10 heteroatoms. The van der Waals surface area contributed by atoms with Crippen molar-refractivity contribution in [1.82, 2.24) is 9.62 Å². The molecule has 0 aromatic heterocycles. The van der Waals surface area contributed by atoms with Gasteiger partial charge >= 0.3 is 6.18 Å². The van der Waals surface area contributed by atoms with Crippen LogP contribution >= 0.6 is 0 Å². The summed E-state index contributed by atoms with van der Waals surface area (Å²) in [7, 11) is -4.36. The number of carbonyl (C=O) groups is 2. The number of alkyl halides is 3. The Morgan fingerprint density at radius 3 is 2.19 bits per heavy atom. The lowest BCUT2D eigenvalue weighted by Crippen LogP contribution is -2.53. The minimum absolute atomic E-state index is 0.465. The molecule has 6 nitrogen and oxygen atoms in total. The highest BCUT2D eigenvalue weighted by Gasteiger charge is 2.35. The van der Waals surface area contributed by atoms with E-state index in [2.05, 4.69) is 0 Å². The summed E-state index contributed by atoms with van der Waals surface area (Å²) in [4.78, 5) is 21.7. The molecule has 0 aliphatic carbocycles. The lowest BCUT2D eigenvalue weighted by atomic mass is 10.2. The molecule has 1 aromatic carbocycles. The molecule has 2 amide bonds. The van der Waals surface area contributed by atoms with Crippen molar-refractivity contribution in [2.75, 3.05) is 13.1 Å². The average Bonchev–Trinajstić information content (AvgIpc) is 2.36. The van der Waals surface area contributed by atoms with Gasteiger partial charge in [-0.05, 0) is 18.2 Å². The van der Waals surface area contributed by atoms with Gasteiger partial charge < -0.3 is 0 Å². The van der Waals surface area contributed by atoms with Gasteiger partial charge in [-0.1, -0.05) is 6.07 Å². The van der Waals surface area contributed by atoms with Crippen LogP contribution in [0.3, 0.4) is 0 Å². The summed E-state index contributed by atoms with van der Waals surface area (Å²) >= 11 is 0. The number of piperazine rings is 1. The van der Waals surface area contributed by atoms with E-state index in [4.69, 9.17) is 0 Å². The molecule has 1 aliphatic heterocycles. The van der Waals surface area contributed by atoms with Crippen molar-refractivity contribution in [3.63, 3.8) is 0 Å². The second-order valence-corrected chi connectivity index (χ2v) is 6.21. The summed E-state index contributed by atoms with van der Waals surface area (Å²) in [6.07, 6.45) is -4.69. The molecule has 0 atom stereocenters. The third kappa shape index (κ3) is 3.22. The lowest BCUT2D eigenvalue weighted by Gasteiger charge is -2.25. The Morgan fingerprint density at radius 1 is 1.10 bits per heavy atom. The van der Waals surface area contributed by atoms with Crippen molar-refractivity contribution in [2.45, 2.75) is 11.1 Å². The Kier molecular flexibility index (Phi) is 3.76. The molecule has 0 spiro atoms. The number of nitrogens with zero attached hydrogens (tertiary/aromatic N) is 1. The molecule has 0 bridgehead atoms. The predicted molar refractivity (Wildman–Crippen MR) is 63.4 cm³/mol. The van der Waals surface area contributed by atoms with Crippen LogP contribution in [0.5, 0.6) is 0 Å². The first-order valence-electron chi connectivity index (χ1n) is 5.61. The van der Waals surface area contributed by atoms with Crippen LogP contribution in [0.1, 0.15) is 5.56 Å². The normalized spacial score (nSPS) is 17.7. The Hall–Kier alpha value is -1.94. The Labute approximate surface area is 117 Å². The van der Waals surface area contributed by atoms with Crippen molar-refractivity contribution in [2.24, 2.45) is 0 Å². The smallest absolute Gasteiger partial charge is 0.294 e. The summed E-state index contributed by atoms with van der Waals surface area (Å²) in [5.41, 5.74) is -1.13. The van der Waals surface area contributed by atoms with Crippen LogP contribution in [0, 0.1) is 0 Å². The third-order valence-electron chi connectivity index (χ3n) is 2.72. The molecule has 1 N–H and O–H groups in total. The number of amides is 2. The molecule has 1 fully saturated rings. The van der Waals surface area contributed by atoms with Crippen LogP contribution < -0.4 is 5.32 Å². The van der Waals surface area contributed by atoms with E-state index in [0.29, 0.717) is 10.4 Å². The van der Waals surface area contributed by atoms with Gasteiger partial charge in [-0.15, -0.1) is 0 Å². The molecule has 2 rings (SSSR count). The van der Waals surface area contributed by atoms with Gasteiger partial charge in [-0.3, -0.25) is 14.9 Å². The monoisotopic (exact) mass is 322 g/mol. The first-order chi connectivity index (χ1) is 9.60. The van der Waals surface area contributed by atoms with E-state index < -0.39 is 51.6 Å². The van der Waals surface area contributed by atoms with Crippen LogP contribution in [-0.4, -0.2) is 37.6 Å². The molecular weight excluding hydrogens is 313 g/mol. The highest BCUT2D eigenvalue weighted by molar-refractivity contribution is 7.89. The van der Waals surface area contributed by atoms with E-state index in [-0.39, 0.29) is 0 Å². The number of hydrogen-bond acceptors (Lipinski definition) is 4. The number of benzene rings is 1. The first-order valence-corrected chi connectivity index (χ1v) is 7.05. The van der Waals surface area contributed by atoms with Gasteiger partial charge in [0.1, 0.15) is 0 Å². The zero-order valence-electron chi connectivity index (χ0n) is 10.3. The van der Waals surface area contributed by atoms with Crippen molar-refractivity contribution in [1.29, 1.82) is 0 Å². The fourth-order valence-electron chi connectivity index (χ4n) is 1.76. The molecule has 0 saturated carbocycles. The van der Waals surface area contributed by atoms with Gasteiger partial charge in [0, 0.05) is 0 Å². The number of sulfonamides is 1. The van der Waals surface area contributed by atoms with E-state index >= 15 is 0 Å². The van der Waals surface area contributed by atoms with Gasteiger partial charge in [-0.2, -0.15) is 17.5 Å². The minimum atomic E-state index is -4.69. The van der Waals surface area contributed by atoms with E-state index in [1.165, 1.54) is 0 Å². The topological polar surface area (TPSA) is 83.6 Å². The summed E-state index contributed by atoms with van der Waals surface area (Å²) in [5.74, 6) is -1.66. The molecule has 1 saturated heterocycles. The quantitative estimate of drug-likeness (QED) is 0.797. The Balaban J connectivity index is 2.40. The summed E-state index contributed by atoms with van der Waals surface area (Å²) in [6.45, 7) is -1.24. The van der Waals surface area contributed by atoms with Crippen LogP contribution in [0.25, 0.3) is 0 Å². The molecule has 0 unspecified atom stereocenters.